The van der Waals surface area contributed by atoms with Crippen LogP contribution in [-0.4, -0.2) is 42.3 Å². The zero-order valence-electron chi connectivity index (χ0n) is 14.4. The highest BCUT2D eigenvalue weighted by molar-refractivity contribution is 5.69. The number of benzene rings is 1. The van der Waals surface area contributed by atoms with E-state index in [-0.39, 0.29) is 12.1 Å². The normalized spacial score (nSPS) is 19.4. The molecular formula is C17H23F3N2O2. The minimum atomic E-state index is -4.33. The van der Waals surface area contributed by atoms with Crippen LogP contribution in [0.4, 0.5) is 23.7 Å². The van der Waals surface area contributed by atoms with E-state index in [1.54, 1.807) is 4.90 Å². The molecular weight excluding hydrogens is 321 g/mol. The van der Waals surface area contributed by atoms with E-state index in [1.165, 1.54) is 12.1 Å². The molecule has 1 aliphatic rings. The van der Waals surface area contributed by atoms with Crippen LogP contribution in [-0.2, 0) is 10.9 Å². The molecule has 2 rings (SSSR count). The van der Waals surface area contributed by atoms with E-state index in [4.69, 9.17) is 4.74 Å². The van der Waals surface area contributed by atoms with E-state index >= 15 is 0 Å². The fraction of sp³-hybridized carbons (Fsp3) is 0.588. The zero-order chi connectivity index (χ0) is 18.1. The number of ether oxygens (including phenoxy) is 1. The molecule has 1 atom stereocenters. The van der Waals surface area contributed by atoms with Crippen LogP contribution in [0.3, 0.4) is 0 Å². The monoisotopic (exact) mass is 344 g/mol. The molecule has 1 saturated heterocycles. The highest BCUT2D eigenvalue weighted by atomic mass is 19.4. The number of amides is 1. The van der Waals surface area contributed by atoms with Gasteiger partial charge in [0.15, 0.2) is 0 Å². The van der Waals surface area contributed by atoms with E-state index in [9.17, 15) is 18.0 Å². The Morgan fingerprint density at radius 3 is 2.17 bits per heavy atom. The summed E-state index contributed by atoms with van der Waals surface area (Å²) in [5, 5.41) is 0. The van der Waals surface area contributed by atoms with Crippen LogP contribution in [0, 0.1) is 0 Å². The van der Waals surface area contributed by atoms with Crippen LogP contribution >= 0.6 is 0 Å². The summed E-state index contributed by atoms with van der Waals surface area (Å²) in [4.78, 5) is 15.8. The molecule has 7 heteroatoms. The smallest absolute Gasteiger partial charge is 0.416 e. The summed E-state index contributed by atoms with van der Waals surface area (Å²) in [5.74, 6) is 0. The van der Waals surface area contributed by atoms with Crippen LogP contribution < -0.4 is 4.90 Å². The Balaban J connectivity index is 2.02. The van der Waals surface area contributed by atoms with Gasteiger partial charge in [-0.3, -0.25) is 0 Å². The molecule has 0 spiro atoms. The third kappa shape index (κ3) is 4.55. The molecule has 1 fully saturated rings. The minimum absolute atomic E-state index is 0.0111. The Labute approximate surface area is 140 Å². The van der Waals surface area contributed by atoms with Gasteiger partial charge in [0.05, 0.1) is 5.56 Å². The first-order valence-corrected chi connectivity index (χ1v) is 7.89. The fourth-order valence-corrected chi connectivity index (χ4v) is 2.68. The summed E-state index contributed by atoms with van der Waals surface area (Å²) < 4.78 is 43.3. The van der Waals surface area contributed by atoms with Gasteiger partial charge in [0.1, 0.15) is 5.60 Å². The first-order valence-electron chi connectivity index (χ1n) is 7.89. The Morgan fingerprint density at radius 2 is 1.71 bits per heavy atom. The van der Waals surface area contributed by atoms with Crippen molar-refractivity contribution in [3.05, 3.63) is 29.8 Å². The fourth-order valence-electron chi connectivity index (χ4n) is 2.68. The van der Waals surface area contributed by atoms with Crippen molar-refractivity contribution in [1.29, 1.82) is 0 Å². The van der Waals surface area contributed by atoms with Gasteiger partial charge in [-0.2, -0.15) is 13.2 Å². The molecule has 0 aliphatic carbocycles. The maximum Gasteiger partial charge on any atom is 0.416 e. The molecule has 1 aliphatic heterocycles. The molecule has 0 aromatic heterocycles. The molecule has 134 valence electrons. The lowest BCUT2D eigenvalue weighted by molar-refractivity contribution is -0.137. The van der Waals surface area contributed by atoms with E-state index in [2.05, 4.69) is 0 Å². The predicted molar refractivity (Wildman–Crippen MR) is 86.1 cm³/mol. The highest BCUT2D eigenvalue weighted by Crippen LogP contribution is 2.31. The topological polar surface area (TPSA) is 32.8 Å². The lowest BCUT2D eigenvalue weighted by Gasteiger charge is -2.41. The summed E-state index contributed by atoms with van der Waals surface area (Å²) in [6, 6.07) is 5.11. The molecule has 1 aromatic carbocycles. The van der Waals surface area contributed by atoms with E-state index in [0.29, 0.717) is 19.6 Å². The molecule has 0 saturated carbocycles. The quantitative estimate of drug-likeness (QED) is 0.767. The summed E-state index contributed by atoms with van der Waals surface area (Å²) in [6.07, 6.45) is -4.69. The number of halogens is 3. The minimum Gasteiger partial charge on any atom is -0.444 e. The first kappa shape index (κ1) is 18.4. The molecule has 0 radical (unpaired) electrons. The average molecular weight is 344 g/mol. The Kier molecular flexibility index (Phi) is 5.01. The largest absolute Gasteiger partial charge is 0.444 e. The van der Waals surface area contributed by atoms with Crippen LogP contribution in [0.1, 0.15) is 33.3 Å². The van der Waals surface area contributed by atoms with Gasteiger partial charge >= 0.3 is 12.3 Å². The zero-order valence-corrected chi connectivity index (χ0v) is 14.4. The van der Waals surface area contributed by atoms with E-state index in [0.717, 1.165) is 17.8 Å². The van der Waals surface area contributed by atoms with Crippen LogP contribution in [0.25, 0.3) is 0 Å². The van der Waals surface area contributed by atoms with Crippen molar-refractivity contribution in [3.63, 3.8) is 0 Å². The van der Waals surface area contributed by atoms with Gasteiger partial charge in [-0.25, -0.2) is 4.79 Å². The Morgan fingerprint density at radius 1 is 1.12 bits per heavy atom. The second kappa shape index (κ2) is 6.53. The molecule has 0 bridgehead atoms. The van der Waals surface area contributed by atoms with Crippen molar-refractivity contribution in [3.8, 4) is 0 Å². The first-order chi connectivity index (χ1) is 11.0. The Bertz CT molecular complexity index is 579. The van der Waals surface area contributed by atoms with Gasteiger partial charge in [-0.1, -0.05) is 0 Å². The third-order valence-electron chi connectivity index (χ3n) is 3.81. The molecule has 24 heavy (non-hydrogen) atoms. The van der Waals surface area contributed by atoms with Gasteiger partial charge in [0.2, 0.25) is 0 Å². The van der Waals surface area contributed by atoms with Crippen molar-refractivity contribution >= 4 is 11.8 Å². The second-order valence-electron chi connectivity index (χ2n) is 7.01. The van der Waals surface area contributed by atoms with Crippen molar-refractivity contribution in [2.75, 3.05) is 24.5 Å². The van der Waals surface area contributed by atoms with E-state index < -0.39 is 17.3 Å². The molecule has 0 N–H and O–H groups in total. The number of carbonyl (C=O) groups excluding carboxylic acids is 1. The molecule has 1 amide bonds. The number of hydrogen-bond acceptors (Lipinski definition) is 3. The lowest BCUT2D eigenvalue weighted by Crippen LogP contribution is -2.54. The molecule has 1 unspecified atom stereocenters. The lowest BCUT2D eigenvalue weighted by atomic mass is 10.1. The average Bonchev–Trinajstić information content (AvgIpc) is 2.44. The standard InChI is InChI=1S/C17H23F3N2O2/c1-12-11-21(15(23)24-16(2,3)4)9-10-22(12)14-7-5-13(6-8-14)17(18,19)20/h5-8,12H,9-11H2,1-4H3. The number of carbonyl (C=O) groups is 1. The van der Waals surface area contributed by atoms with Crippen molar-refractivity contribution in [2.45, 2.75) is 45.5 Å². The van der Waals surface area contributed by atoms with Crippen LogP contribution in [0.15, 0.2) is 24.3 Å². The maximum absolute atomic E-state index is 12.6. The summed E-state index contributed by atoms with van der Waals surface area (Å²) in [6.45, 7) is 8.86. The predicted octanol–water partition coefficient (Wildman–Crippen LogP) is 4.15. The number of alkyl halides is 3. The van der Waals surface area contributed by atoms with Gasteiger partial charge in [0, 0.05) is 31.4 Å². The summed E-state index contributed by atoms with van der Waals surface area (Å²) in [7, 11) is 0. The highest BCUT2D eigenvalue weighted by Gasteiger charge is 2.32. The van der Waals surface area contributed by atoms with Gasteiger partial charge < -0.3 is 14.5 Å². The Hall–Kier alpha value is -1.92. The third-order valence-corrected chi connectivity index (χ3v) is 3.81. The van der Waals surface area contributed by atoms with Gasteiger partial charge in [-0.05, 0) is 52.0 Å². The number of piperazine rings is 1. The number of rotatable bonds is 1. The number of anilines is 1. The van der Waals surface area contributed by atoms with Gasteiger partial charge in [-0.15, -0.1) is 0 Å². The van der Waals surface area contributed by atoms with Crippen molar-refractivity contribution in [2.24, 2.45) is 0 Å². The van der Waals surface area contributed by atoms with Crippen LogP contribution in [0.5, 0.6) is 0 Å². The van der Waals surface area contributed by atoms with Crippen LogP contribution in [0.2, 0.25) is 0 Å². The van der Waals surface area contributed by atoms with E-state index in [1.807, 2.05) is 32.6 Å². The molecule has 1 aromatic rings. The summed E-state index contributed by atoms with van der Waals surface area (Å²) >= 11 is 0. The van der Waals surface area contributed by atoms with Crippen molar-refractivity contribution < 1.29 is 22.7 Å². The molecule has 4 nitrogen and oxygen atoms in total. The number of hydrogen-bond donors (Lipinski definition) is 0. The maximum atomic E-state index is 12.6. The van der Waals surface area contributed by atoms with Gasteiger partial charge in [0.25, 0.3) is 0 Å². The second-order valence-corrected chi connectivity index (χ2v) is 7.01. The van der Waals surface area contributed by atoms with Crippen molar-refractivity contribution in [1.82, 2.24) is 4.90 Å². The summed E-state index contributed by atoms with van der Waals surface area (Å²) in [5.41, 5.74) is -0.490. The number of nitrogens with zero attached hydrogens (tertiary/aromatic N) is 2. The molecule has 1 heterocycles. The SMILES string of the molecule is CC1CN(C(=O)OC(C)(C)C)CCN1c1ccc(C(F)(F)F)cc1.